The molecule has 3 rings (SSSR count). The molecule has 30 heavy (non-hydrogen) atoms. The summed E-state index contributed by atoms with van der Waals surface area (Å²) in [6.07, 6.45) is 2.71. The molecule has 0 bridgehead atoms. The Labute approximate surface area is 177 Å². The highest BCUT2D eigenvalue weighted by atomic mass is 16.6. The third kappa shape index (κ3) is 5.67. The standard InChI is InChI=1S/C23H28N4O3/c1-2-13-24(14-12-20-8-4-3-5-9-20)19-23(28)26-17-15-25(16-18-26)21-10-6-7-11-22(21)27(29)30/h2-11H,1,12-19H2. The van der Waals surface area contributed by atoms with Crippen LogP contribution in [0.5, 0.6) is 0 Å². The molecule has 1 amide bonds. The van der Waals surface area contributed by atoms with Crippen molar-refractivity contribution in [1.82, 2.24) is 9.80 Å². The summed E-state index contributed by atoms with van der Waals surface area (Å²) in [5.41, 5.74) is 1.97. The molecular weight excluding hydrogens is 380 g/mol. The van der Waals surface area contributed by atoms with Crippen molar-refractivity contribution in [3.05, 3.63) is 82.9 Å². The number of nitro groups is 1. The molecular formula is C23H28N4O3. The van der Waals surface area contributed by atoms with Crippen molar-refractivity contribution in [1.29, 1.82) is 0 Å². The number of anilines is 1. The lowest BCUT2D eigenvalue weighted by Crippen LogP contribution is -2.51. The maximum absolute atomic E-state index is 12.8. The second-order valence-electron chi connectivity index (χ2n) is 7.37. The van der Waals surface area contributed by atoms with Crippen LogP contribution >= 0.6 is 0 Å². The Morgan fingerprint density at radius 2 is 1.73 bits per heavy atom. The van der Waals surface area contributed by atoms with Crippen LogP contribution in [0.25, 0.3) is 0 Å². The van der Waals surface area contributed by atoms with E-state index in [4.69, 9.17) is 0 Å². The molecule has 2 aromatic rings. The van der Waals surface area contributed by atoms with E-state index in [0.717, 1.165) is 13.0 Å². The highest BCUT2D eigenvalue weighted by Crippen LogP contribution is 2.28. The highest BCUT2D eigenvalue weighted by Gasteiger charge is 2.26. The average Bonchev–Trinajstić information content (AvgIpc) is 2.78. The van der Waals surface area contributed by atoms with Gasteiger partial charge in [0.1, 0.15) is 5.69 Å². The quantitative estimate of drug-likeness (QED) is 0.362. The van der Waals surface area contributed by atoms with E-state index in [2.05, 4.69) is 23.6 Å². The fraction of sp³-hybridized carbons (Fsp3) is 0.348. The lowest BCUT2D eigenvalue weighted by atomic mass is 10.1. The van der Waals surface area contributed by atoms with Crippen LogP contribution in [0.4, 0.5) is 11.4 Å². The van der Waals surface area contributed by atoms with Crippen molar-refractivity contribution in [2.24, 2.45) is 0 Å². The summed E-state index contributed by atoms with van der Waals surface area (Å²) in [6, 6.07) is 17.0. The fourth-order valence-corrected chi connectivity index (χ4v) is 3.72. The van der Waals surface area contributed by atoms with Crippen molar-refractivity contribution in [3.8, 4) is 0 Å². The van der Waals surface area contributed by atoms with E-state index in [1.54, 1.807) is 18.2 Å². The average molecular weight is 409 g/mol. The molecule has 0 radical (unpaired) electrons. The summed E-state index contributed by atoms with van der Waals surface area (Å²) in [7, 11) is 0. The summed E-state index contributed by atoms with van der Waals surface area (Å²) in [5, 5.41) is 11.3. The van der Waals surface area contributed by atoms with Crippen LogP contribution in [0, 0.1) is 10.1 Å². The van der Waals surface area contributed by atoms with E-state index in [0.29, 0.717) is 45.0 Å². The van der Waals surface area contributed by atoms with Crippen LogP contribution in [0.3, 0.4) is 0 Å². The normalized spacial score (nSPS) is 14.0. The van der Waals surface area contributed by atoms with Gasteiger partial charge in [-0.25, -0.2) is 0 Å². The van der Waals surface area contributed by atoms with Gasteiger partial charge >= 0.3 is 0 Å². The van der Waals surface area contributed by atoms with E-state index < -0.39 is 0 Å². The molecule has 1 heterocycles. The number of nitrogens with zero attached hydrogens (tertiary/aromatic N) is 4. The third-order valence-corrected chi connectivity index (χ3v) is 5.36. The fourth-order valence-electron chi connectivity index (χ4n) is 3.72. The van der Waals surface area contributed by atoms with Crippen LogP contribution < -0.4 is 4.90 Å². The lowest BCUT2D eigenvalue weighted by molar-refractivity contribution is -0.384. The van der Waals surface area contributed by atoms with Gasteiger partial charge in [0.05, 0.1) is 11.5 Å². The number of piperazine rings is 1. The summed E-state index contributed by atoms with van der Waals surface area (Å²) in [4.78, 5) is 29.7. The molecule has 0 saturated carbocycles. The monoisotopic (exact) mass is 408 g/mol. The number of amides is 1. The summed E-state index contributed by atoms with van der Waals surface area (Å²) in [6.45, 7) is 7.91. The van der Waals surface area contributed by atoms with Gasteiger partial charge in [-0.15, -0.1) is 6.58 Å². The molecule has 1 fully saturated rings. The van der Waals surface area contributed by atoms with Gasteiger partial charge in [0.15, 0.2) is 0 Å². The number of nitro benzene ring substituents is 1. The van der Waals surface area contributed by atoms with Crippen molar-refractivity contribution < 1.29 is 9.72 Å². The number of carbonyl (C=O) groups excluding carboxylic acids is 1. The Morgan fingerprint density at radius 1 is 1.07 bits per heavy atom. The zero-order chi connectivity index (χ0) is 21.3. The zero-order valence-corrected chi connectivity index (χ0v) is 17.2. The molecule has 0 aliphatic carbocycles. The van der Waals surface area contributed by atoms with Crippen LogP contribution in [-0.4, -0.2) is 66.4 Å². The van der Waals surface area contributed by atoms with Crippen molar-refractivity contribution in [2.75, 3.05) is 50.7 Å². The number of hydrogen-bond acceptors (Lipinski definition) is 5. The van der Waals surface area contributed by atoms with Crippen molar-refractivity contribution >= 4 is 17.3 Å². The minimum absolute atomic E-state index is 0.0899. The molecule has 0 unspecified atom stereocenters. The van der Waals surface area contributed by atoms with E-state index in [1.807, 2.05) is 34.1 Å². The van der Waals surface area contributed by atoms with Crippen LogP contribution in [0.2, 0.25) is 0 Å². The molecule has 0 spiro atoms. The first kappa shape index (κ1) is 21.5. The Kier molecular flexibility index (Phi) is 7.57. The van der Waals surface area contributed by atoms with Crippen molar-refractivity contribution in [3.63, 3.8) is 0 Å². The van der Waals surface area contributed by atoms with Gasteiger partial charge in [-0.1, -0.05) is 48.5 Å². The number of para-hydroxylation sites is 2. The van der Waals surface area contributed by atoms with E-state index in [1.165, 1.54) is 11.6 Å². The van der Waals surface area contributed by atoms with Gasteiger partial charge in [0.25, 0.3) is 5.69 Å². The molecule has 2 aromatic carbocycles. The third-order valence-electron chi connectivity index (χ3n) is 5.36. The van der Waals surface area contributed by atoms with Gasteiger partial charge < -0.3 is 9.80 Å². The zero-order valence-electron chi connectivity index (χ0n) is 17.2. The Bertz CT molecular complexity index is 864. The second kappa shape index (κ2) is 10.5. The highest BCUT2D eigenvalue weighted by molar-refractivity contribution is 5.78. The molecule has 0 atom stereocenters. The molecule has 7 heteroatoms. The minimum atomic E-state index is -0.354. The molecule has 7 nitrogen and oxygen atoms in total. The van der Waals surface area contributed by atoms with Crippen LogP contribution in [0.15, 0.2) is 67.3 Å². The minimum Gasteiger partial charge on any atom is -0.362 e. The Morgan fingerprint density at radius 3 is 2.40 bits per heavy atom. The van der Waals surface area contributed by atoms with Gasteiger partial charge in [0.2, 0.25) is 5.91 Å². The molecule has 0 N–H and O–H groups in total. The van der Waals surface area contributed by atoms with Crippen LogP contribution in [-0.2, 0) is 11.2 Å². The largest absolute Gasteiger partial charge is 0.362 e. The SMILES string of the molecule is C=CCN(CCc1ccccc1)CC(=O)N1CCN(c2ccccc2[N+](=O)[O-])CC1. The lowest BCUT2D eigenvalue weighted by Gasteiger charge is -2.36. The van der Waals surface area contributed by atoms with Crippen molar-refractivity contribution in [2.45, 2.75) is 6.42 Å². The molecule has 0 aromatic heterocycles. The van der Waals surface area contributed by atoms with E-state index >= 15 is 0 Å². The van der Waals surface area contributed by atoms with Gasteiger partial charge in [-0.05, 0) is 18.1 Å². The number of benzene rings is 2. The number of carbonyl (C=O) groups is 1. The maximum atomic E-state index is 12.8. The molecule has 158 valence electrons. The maximum Gasteiger partial charge on any atom is 0.292 e. The topological polar surface area (TPSA) is 69.9 Å². The summed E-state index contributed by atoms with van der Waals surface area (Å²) >= 11 is 0. The predicted octanol–water partition coefficient (Wildman–Crippen LogP) is 2.97. The number of rotatable bonds is 9. The Hall–Kier alpha value is -3.19. The first-order valence-electron chi connectivity index (χ1n) is 10.2. The summed E-state index contributed by atoms with van der Waals surface area (Å²) < 4.78 is 0. The number of hydrogen-bond donors (Lipinski definition) is 0. The second-order valence-corrected chi connectivity index (χ2v) is 7.37. The summed E-state index contributed by atoms with van der Waals surface area (Å²) in [5.74, 6) is 0.0899. The van der Waals surface area contributed by atoms with E-state index in [9.17, 15) is 14.9 Å². The van der Waals surface area contributed by atoms with Gasteiger partial charge in [-0.3, -0.25) is 19.8 Å². The molecule has 1 saturated heterocycles. The smallest absolute Gasteiger partial charge is 0.292 e. The van der Waals surface area contributed by atoms with Gasteiger partial charge in [-0.2, -0.15) is 0 Å². The first-order valence-corrected chi connectivity index (χ1v) is 10.2. The van der Waals surface area contributed by atoms with Crippen LogP contribution in [0.1, 0.15) is 5.56 Å². The van der Waals surface area contributed by atoms with Gasteiger partial charge in [0, 0.05) is 45.3 Å². The molecule has 1 aliphatic heterocycles. The predicted molar refractivity (Wildman–Crippen MR) is 119 cm³/mol. The van der Waals surface area contributed by atoms with E-state index in [-0.39, 0.29) is 16.5 Å². The first-order chi connectivity index (χ1) is 14.6. The Balaban J connectivity index is 1.53. The molecule has 1 aliphatic rings.